The number of nitrogens with zero attached hydrogens (tertiary/aromatic N) is 1. The van der Waals surface area contributed by atoms with Gasteiger partial charge in [-0.1, -0.05) is 0 Å². The highest BCUT2D eigenvalue weighted by Gasteiger charge is 2.12. The van der Waals surface area contributed by atoms with Gasteiger partial charge in [-0.15, -0.1) is 0 Å². The minimum atomic E-state index is -0.610. The third-order valence-electron chi connectivity index (χ3n) is 1.99. The summed E-state index contributed by atoms with van der Waals surface area (Å²) in [6.07, 6.45) is 0.940. The lowest BCUT2D eigenvalue weighted by Gasteiger charge is -2.09. The average molecular weight is 195 g/mol. The highest BCUT2D eigenvalue weighted by atomic mass is 16.5. The molecule has 0 aliphatic carbocycles. The smallest absolute Gasteiger partial charge is 0.356 e. The van der Waals surface area contributed by atoms with Crippen LogP contribution >= 0.6 is 0 Å². The summed E-state index contributed by atoms with van der Waals surface area (Å²) in [4.78, 5) is 15.0. The second-order valence-electron chi connectivity index (χ2n) is 3.09. The molecule has 1 rings (SSSR count). The number of methoxy groups -OCH3 is 1. The minimum absolute atomic E-state index is 0.217. The molecule has 0 bridgehead atoms. The fourth-order valence-corrected chi connectivity index (χ4v) is 1.21. The van der Waals surface area contributed by atoms with Crippen LogP contribution in [-0.2, 0) is 4.74 Å². The number of aliphatic hydroxyl groups is 1. The summed E-state index contributed by atoms with van der Waals surface area (Å²) in [5.41, 5.74) is 1.77. The van der Waals surface area contributed by atoms with Gasteiger partial charge in [0.25, 0.3) is 0 Å². The zero-order valence-corrected chi connectivity index (χ0v) is 8.44. The normalized spacial score (nSPS) is 12.3. The quantitative estimate of drug-likeness (QED) is 0.721. The molecule has 1 aromatic heterocycles. The molecule has 0 saturated carbocycles. The molecule has 0 aromatic carbocycles. The Morgan fingerprint density at radius 2 is 2.29 bits per heavy atom. The van der Waals surface area contributed by atoms with Crippen molar-refractivity contribution in [1.29, 1.82) is 0 Å². The maximum absolute atomic E-state index is 11.1. The molecule has 1 heterocycles. The first-order valence-electron chi connectivity index (χ1n) is 4.29. The first kappa shape index (κ1) is 10.7. The van der Waals surface area contributed by atoms with E-state index in [-0.39, 0.29) is 5.69 Å². The monoisotopic (exact) mass is 195 g/mol. The van der Waals surface area contributed by atoms with Gasteiger partial charge < -0.3 is 9.84 Å². The lowest BCUT2D eigenvalue weighted by Crippen LogP contribution is -2.07. The van der Waals surface area contributed by atoms with Gasteiger partial charge in [0.15, 0.2) is 0 Å². The van der Waals surface area contributed by atoms with Crippen LogP contribution in [0, 0.1) is 6.92 Å². The summed E-state index contributed by atoms with van der Waals surface area (Å²) in [5, 5.41) is 9.40. The Hall–Kier alpha value is -1.42. The van der Waals surface area contributed by atoms with Crippen molar-refractivity contribution in [2.75, 3.05) is 7.11 Å². The van der Waals surface area contributed by atoms with Crippen molar-refractivity contribution in [3.05, 3.63) is 29.1 Å². The Balaban J connectivity index is 3.13. The number of hydrogen-bond donors (Lipinski definition) is 1. The summed E-state index contributed by atoms with van der Waals surface area (Å²) < 4.78 is 4.53. The summed E-state index contributed by atoms with van der Waals surface area (Å²) in [5.74, 6) is -0.494. The molecule has 1 aromatic rings. The molecule has 0 spiro atoms. The van der Waals surface area contributed by atoms with E-state index in [1.807, 2.05) is 6.92 Å². The van der Waals surface area contributed by atoms with Crippen LogP contribution in [-0.4, -0.2) is 23.2 Å². The Morgan fingerprint density at radius 3 is 2.79 bits per heavy atom. The van der Waals surface area contributed by atoms with Crippen LogP contribution in [0.2, 0.25) is 0 Å². The van der Waals surface area contributed by atoms with Gasteiger partial charge in [-0.05, 0) is 31.0 Å². The molecule has 0 radical (unpaired) electrons. The molecule has 1 N–H and O–H groups in total. The minimum Gasteiger partial charge on any atom is -0.464 e. The van der Waals surface area contributed by atoms with Crippen LogP contribution in [0.3, 0.4) is 0 Å². The van der Waals surface area contributed by atoms with Gasteiger partial charge in [0, 0.05) is 6.20 Å². The number of aryl methyl sites for hydroxylation is 1. The molecule has 0 saturated heterocycles. The van der Waals surface area contributed by atoms with Crippen molar-refractivity contribution in [1.82, 2.24) is 4.98 Å². The van der Waals surface area contributed by atoms with Gasteiger partial charge in [0.1, 0.15) is 5.69 Å². The molecular formula is C10H13NO3. The summed E-state index contributed by atoms with van der Waals surface area (Å²) in [7, 11) is 1.30. The Morgan fingerprint density at radius 1 is 1.64 bits per heavy atom. The standard InChI is InChI=1S/C10H13NO3/c1-6-5-11-9(10(13)14-3)4-8(6)7(2)12/h4-5,7,12H,1-3H3. The van der Waals surface area contributed by atoms with E-state index in [0.717, 1.165) is 5.56 Å². The third-order valence-corrected chi connectivity index (χ3v) is 1.99. The zero-order chi connectivity index (χ0) is 10.7. The van der Waals surface area contributed by atoms with E-state index in [2.05, 4.69) is 9.72 Å². The molecule has 0 fully saturated rings. The second kappa shape index (κ2) is 4.19. The van der Waals surface area contributed by atoms with E-state index in [0.29, 0.717) is 5.56 Å². The van der Waals surface area contributed by atoms with E-state index < -0.39 is 12.1 Å². The van der Waals surface area contributed by atoms with Gasteiger partial charge in [0.05, 0.1) is 13.2 Å². The average Bonchev–Trinajstić information content (AvgIpc) is 2.17. The molecule has 0 aliphatic heterocycles. The number of carbonyl (C=O) groups excluding carboxylic acids is 1. The third kappa shape index (κ3) is 2.09. The maximum Gasteiger partial charge on any atom is 0.356 e. The largest absolute Gasteiger partial charge is 0.464 e. The van der Waals surface area contributed by atoms with Crippen LogP contribution in [0.15, 0.2) is 12.3 Å². The number of ether oxygens (including phenoxy) is 1. The van der Waals surface area contributed by atoms with E-state index in [1.54, 1.807) is 19.2 Å². The predicted molar refractivity (Wildman–Crippen MR) is 50.9 cm³/mol. The highest BCUT2D eigenvalue weighted by molar-refractivity contribution is 5.87. The van der Waals surface area contributed by atoms with Gasteiger partial charge in [0.2, 0.25) is 0 Å². The van der Waals surface area contributed by atoms with Crippen molar-refractivity contribution in [2.45, 2.75) is 20.0 Å². The maximum atomic E-state index is 11.1. The number of aromatic nitrogens is 1. The van der Waals surface area contributed by atoms with Crippen molar-refractivity contribution in [3.63, 3.8) is 0 Å². The van der Waals surface area contributed by atoms with E-state index >= 15 is 0 Å². The topological polar surface area (TPSA) is 59.4 Å². The Labute approximate surface area is 82.5 Å². The van der Waals surface area contributed by atoms with Gasteiger partial charge >= 0.3 is 5.97 Å². The van der Waals surface area contributed by atoms with E-state index in [1.165, 1.54) is 7.11 Å². The number of aliphatic hydroxyl groups excluding tert-OH is 1. The number of rotatable bonds is 2. The molecule has 1 unspecified atom stereocenters. The van der Waals surface area contributed by atoms with Gasteiger partial charge in [-0.25, -0.2) is 9.78 Å². The summed E-state index contributed by atoms with van der Waals surface area (Å²) in [6, 6.07) is 1.55. The SMILES string of the molecule is COC(=O)c1cc(C(C)O)c(C)cn1. The zero-order valence-electron chi connectivity index (χ0n) is 8.44. The van der Waals surface area contributed by atoms with Crippen LogP contribution in [0.4, 0.5) is 0 Å². The number of hydrogen-bond acceptors (Lipinski definition) is 4. The van der Waals surface area contributed by atoms with Crippen LogP contribution in [0.25, 0.3) is 0 Å². The molecule has 14 heavy (non-hydrogen) atoms. The van der Waals surface area contributed by atoms with Crippen LogP contribution in [0.5, 0.6) is 0 Å². The fraction of sp³-hybridized carbons (Fsp3) is 0.400. The van der Waals surface area contributed by atoms with Crippen LogP contribution in [0.1, 0.15) is 34.6 Å². The molecule has 0 aliphatic rings. The van der Waals surface area contributed by atoms with Crippen molar-refractivity contribution in [3.8, 4) is 0 Å². The van der Waals surface area contributed by atoms with Gasteiger partial charge in [-0.2, -0.15) is 0 Å². The number of pyridine rings is 1. The van der Waals surface area contributed by atoms with Crippen molar-refractivity contribution < 1.29 is 14.6 Å². The number of esters is 1. The van der Waals surface area contributed by atoms with E-state index in [4.69, 9.17) is 0 Å². The van der Waals surface area contributed by atoms with E-state index in [9.17, 15) is 9.90 Å². The van der Waals surface area contributed by atoms with Crippen molar-refractivity contribution in [2.24, 2.45) is 0 Å². The van der Waals surface area contributed by atoms with Crippen LogP contribution < -0.4 is 0 Å². The predicted octanol–water partition coefficient (Wildman–Crippen LogP) is 1.23. The molecular weight excluding hydrogens is 182 g/mol. The summed E-state index contributed by atoms with van der Waals surface area (Å²) in [6.45, 7) is 3.47. The molecule has 76 valence electrons. The molecule has 0 amide bonds. The summed E-state index contributed by atoms with van der Waals surface area (Å²) >= 11 is 0. The number of carbonyl (C=O) groups is 1. The molecule has 4 heteroatoms. The van der Waals surface area contributed by atoms with Gasteiger partial charge in [-0.3, -0.25) is 0 Å². The highest BCUT2D eigenvalue weighted by Crippen LogP contribution is 2.17. The van der Waals surface area contributed by atoms with Crippen molar-refractivity contribution >= 4 is 5.97 Å². The Bertz CT molecular complexity index is 347. The fourth-order valence-electron chi connectivity index (χ4n) is 1.21. The lowest BCUT2D eigenvalue weighted by atomic mass is 10.1. The molecule has 1 atom stereocenters. The Kier molecular flexibility index (Phi) is 3.19. The lowest BCUT2D eigenvalue weighted by molar-refractivity contribution is 0.0593. The first-order chi connectivity index (χ1) is 6.56. The first-order valence-corrected chi connectivity index (χ1v) is 4.29. The molecule has 4 nitrogen and oxygen atoms in total. The second-order valence-corrected chi connectivity index (χ2v) is 3.09.